The minimum Gasteiger partial charge on any atom is -0.299 e. The Morgan fingerprint density at radius 2 is 2.08 bits per heavy atom. The smallest absolute Gasteiger partial charge is 0.267 e. The normalized spacial score (nSPS) is 19.4. The third-order valence-corrected chi connectivity index (χ3v) is 5.44. The highest BCUT2D eigenvalue weighted by molar-refractivity contribution is 5.90. The van der Waals surface area contributed by atoms with E-state index in [1.807, 2.05) is 6.07 Å². The van der Waals surface area contributed by atoms with Gasteiger partial charge in [-0.3, -0.25) is 14.9 Å². The Bertz CT molecular complexity index is 591. The van der Waals surface area contributed by atoms with Crippen molar-refractivity contribution >= 4 is 12.0 Å². The third kappa shape index (κ3) is 4.68. The molecule has 130 valence electrons. The number of carbonyl (C=O) groups excluding carboxylic acids is 1. The zero-order valence-corrected chi connectivity index (χ0v) is 14.3. The molecule has 1 fully saturated rings. The zero-order valence-electron chi connectivity index (χ0n) is 14.3. The SMILES string of the molecule is O=C(/C=C/c1ccc2c(c1)CCN(CCC1CCCCC1)C2)NO. The highest BCUT2D eigenvalue weighted by atomic mass is 16.5. The molecule has 0 atom stereocenters. The second kappa shape index (κ2) is 8.45. The molecule has 1 aliphatic heterocycles. The van der Waals surface area contributed by atoms with E-state index in [0.717, 1.165) is 31.0 Å². The standard InChI is InChI=1S/C20H28N2O2/c23-20(21-24)9-7-17-6-8-19-15-22(13-11-18(19)14-17)12-10-16-4-2-1-3-5-16/h6-9,14,16,24H,1-5,10-13,15H2,(H,21,23)/b9-7+. The largest absolute Gasteiger partial charge is 0.299 e. The van der Waals surface area contributed by atoms with E-state index in [9.17, 15) is 4.79 Å². The van der Waals surface area contributed by atoms with Gasteiger partial charge < -0.3 is 0 Å². The van der Waals surface area contributed by atoms with Gasteiger partial charge in [-0.1, -0.05) is 50.3 Å². The molecular formula is C20H28N2O2. The molecule has 4 nitrogen and oxygen atoms in total. The number of nitrogens with one attached hydrogen (secondary N) is 1. The summed E-state index contributed by atoms with van der Waals surface area (Å²) in [6.07, 6.45) is 12.7. The Hall–Kier alpha value is -1.65. The minimum absolute atomic E-state index is 0.499. The van der Waals surface area contributed by atoms with Crippen molar-refractivity contribution in [2.24, 2.45) is 5.92 Å². The molecule has 1 heterocycles. The maximum atomic E-state index is 11.1. The first-order chi connectivity index (χ1) is 11.7. The molecule has 0 saturated heterocycles. The number of hydroxylamine groups is 1. The van der Waals surface area contributed by atoms with Crippen LogP contribution in [0.3, 0.4) is 0 Å². The molecule has 0 spiro atoms. The van der Waals surface area contributed by atoms with Crippen molar-refractivity contribution in [2.75, 3.05) is 13.1 Å². The van der Waals surface area contributed by atoms with E-state index in [1.54, 1.807) is 11.6 Å². The quantitative estimate of drug-likeness (QED) is 0.494. The van der Waals surface area contributed by atoms with Crippen molar-refractivity contribution in [2.45, 2.75) is 51.5 Å². The number of amides is 1. The second-order valence-corrected chi connectivity index (χ2v) is 7.16. The van der Waals surface area contributed by atoms with Crippen molar-refractivity contribution < 1.29 is 10.0 Å². The molecule has 1 aromatic carbocycles. The predicted octanol–water partition coefficient (Wildman–Crippen LogP) is 3.53. The van der Waals surface area contributed by atoms with Crippen molar-refractivity contribution in [3.05, 3.63) is 41.0 Å². The molecule has 24 heavy (non-hydrogen) atoms. The summed E-state index contributed by atoms with van der Waals surface area (Å²) in [5.74, 6) is 0.451. The maximum absolute atomic E-state index is 11.1. The molecule has 2 aliphatic rings. The van der Waals surface area contributed by atoms with Gasteiger partial charge in [-0.05, 0) is 48.1 Å². The topological polar surface area (TPSA) is 52.6 Å². The fourth-order valence-electron chi connectivity index (χ4n) is 3.98. The lowest BCUT2D eigenvalue weighted by Crippen LogP contribution is -2.32. The van der Waals surface area contributed by atoms with Gasteiger partial charge in [-0.15, -0.1) is 0 Å². The average Bonchev–Trinajstić information content (AvgIpc) is 2.65. The number of nitrogens with zero attached hydrogens (tertiary/aromatic N) is 1. The number of hydrogen-bond acceptors (Lipinski definition) is 3. The van der Waals surface area contributed by atoms with Crippen molar-refractivity contribution in [1.82, 2.24) is 10.4 Å². The van der Waals surface area contributed by atoms with Gasteiger partial charge in [0.1, 0.15) is 0 Å². The van der Waals surface area contributed by atoms with Gasteiger partial charge in [0.2, 0.25) is 0 Å². The average molecular weight is 328 g/mol. The molecule has 0 unspecified atom stereocenters. The van der Waals surface area contributed by atoms with Crippen LogP contribution < -0.4 is 5.48 Å². The minimum atomic E-state index is -0.499. The summed E-state index contributed by atoms with van der Waals surface area (Å²) >= 11 is 0. The predicted molar refractivity (Wildman–Crippen MR) is 95.6 cm³/mol. The van der Waals surface area contributed by atoms with Gasteiger partial charge in [0.05, 0.1) is 0 Å². The number of rotatable bonds is 5. The highest BCUT2D eigenvalue weighted by Gasteiger charge is 2.19. The van der Waals surface area contributed by atoms with Crippen LogP contribution >= 0.6 is 0 Å². The van der Waals surface area contributed by atoms with E-state index in [1.165, 1.54) is 62.3 Å². The van der Waals surface area contributed by atoms with E-state index in [2.05, 4.69) is 17.0 Å². The monoisotopic (exact) mass is 328 g/mol. The van der Waals surface area contributed by atoms with Gasteiger partial charge in [0, 0.05) is 19.2 Å². The lowest BCUT2D eigenvalue weighted by molar-refractivity contribution is -0.124. The summed E-state index contributed by atoms with van der Waals surface area (Å²) in [7, 11) is 0. The van der Waals surface area contributed by atoms with Crippen LogP contribution in [-0.2, 0) is 17.8 Å². The molecule has 2 N–H and O–H groups in total. The summed E-state index contributed by atoms with van der Waals surface area (Å²) in [5, 5.41) is 8.52. The fourth-order valence-corrected chi connectivity index (χ4v) is 3.98. The van der Waals surface area contributed by atoms with Crippen LogP contribution in [0, 0.1) is 5.92 Å². The summed E-state index contributed by atoms with van der Waals surface area (Å²) in [4.78, 5) is 13.7. The van der Waals surface area contributed by atoms with Gasteiger partial charge in [-0.25, -0.2) is 5.48 Å². The summed E-state index contributed by atoms with van der Waals surface area (Å²) < 4.78 is 0. The van der Waals surface area contributed by atoms with Crippen LogP contribution in [0.2, 0.25) is 0 Å². The van der Waals surface area contributed by atoms with Gasteiger partial charge >= 0.3 is 0 Å². The Labute approximate surface area is 144 Å². The van der Waals surface area contributed by atoms with E-state index in [0.29, 0.717) is 0 Å². The van der Waals surface area contributed by atoms with Gasteiger partial charge in [-0.2, -0.15) is 0 Å². The first kappa shape index (κ1) is 17.2. The van der Waals surface area contributed by atoms with Crippen molar-refractivity contribution in [1.29, 1.82) is 0 Å². The summed E-state index contributed by atoms with van der Waals surface area (Å²) in [5.41, 5.74) is 5.41. The van der Waals surface area contributed by atoms with E-state index >= 15 is 0 Å². The fraction of sp³-hybridized carbons (Fsp3) is 0.550. The van der Waals surface area contributed by atoms with Gasteiger partial charge in [0.25, 0.3) is 5.91 Å². The van der Waals surface area contributed by atoms with Crippen LogP contribution in [0.4, 0.5) is 0 Å². The molecule has 0 bridgehead atoms. The van der Waals surface area contributed by atoms with E-state index < -0.39 is 5.91 Å². The zero-order chi connectivity index (χ0) is 16.8. The first-order valence-electron chi connectivity index (χ1n) is 9.21. The van der Waals surface area contributed by atoms with Crippen molar-refractivity contribution in [3.63, 3.8) is 0 Å². The molecule has 1 aromatic rings. The number of benzene rings is 1. The van der Waals surface area contributed by atoms with Crippen molar-refractivity contribution in [3.8, 4) is 0 Å². The lowest BCUT2D eigenvalue weighted by atomic mass is 9.86. The second-order valence-electron chi connectivity index (χ2n) is 7.16. The van der Waals surface area contributed by atoms with E-state index in [-0.39, 0.29) is 0 Å². The highest BCUT2D eigenvalue weighted by Crippen LogP contribution is 2.27. The summed E-state index contributed by atoms with van der Waals surface area (Å²) in [6.45, 7) is 3.40. The molecule has 0 radical (unpaired) electrons. The Kier molecular flexibility index (Phi) is 6.05. The molecule has 0 aromatic heterocycles. The molecule has 4 heteroatoms. The van der Waals surface area contributed by atoms with Crippen LogP contribution in [0.1, 0.15) is 55.2 Å². The summed E-state index contributed by atoms with van der Waals surface area (Å²) in [6, 6.07) is 6.39. The molecular weight excluding hydrogens is 300 g/mol. The maximum Gasteiger partial charge on any atom is 0.267 e. The molecule has 1 amide bonds. The van der Waals surface area contributed by atoms with Crippen LogP contribution in [0.5, 0.6) is 0 Å². The molecule has 3 rings (SSSR count). The third-order valence-electron chi connectivity index (χ3n) is 5.44. The van der Waals surface area contributed by atoms with Crippen LogP contribution in [0.25, 0.3) is 6.08 Å². The Morgan fingerprint density at radius 3 is 2.88 bits per heavy atom. The molecule has 1 saturated carbocycles. The van der Waals surface area contributed by atoms with Crippen LogP contribution in [0.15, 0.2) is 24.3 Å². The van der Waals surface area contributed by atoms with Crippen LogP contribution in [-0.4, -0.2) is 29.1 Å². The Balaban J connectivity index is 1.54. The number of fused-ring (bicyclic) bond motifs is 1. The number of carbonyl (C=O) groups is 1. The molecule has 1 aliphatic carbocycles. The first-order valence-corrected chi connectivity index (χ1v) is 9.21. The lowest BCUT2D eigenvalue weighted by Gasteiger charge is -2.31. The Morgan fingerprint density at radius 1 is 1.25 bits per heavy atom. The van der Waals surface area contributed by atoms with Gasteiger partial charge in [0.15, 0.2) is 0 Å². The number of hydrogen-bond donors (Lipinski definition) is 2. The van der Waals surface area contributed by atoms with E-state index in [4.69, 9.17) is 5.21 Å².